The van der Waals surface area contributed by atoms with E-state index in [0.717, 1.165) is 11.1 Å². The van der Waals surface area contributed by atoms with E-state index in [1.165, 1.54) is 0 Å². The van der Waals surface area contributed by atoms with Crippen molar-refractivity contribution >= 4 is 5.97 Å². The maximum atomic E-state index is 10.8. The Morgan fingerprint density at radius 1 is 1.24 bits per heavy atom. The van der Waals surface area contributed by atoms with Gasteiger partial charge in [-0.2, -0.15) is 0 Å². The predicted octanol–water partition coefficient (Wildman–Crippen LogP) is 2.47. The van der Waals surface area contributed by atoms with Gasteiger partial charge >= 0.3 is 5.97 Å². The average molecular weight is 286 g/mol. The van der Waals surface area contributed by atoms with Gasteiger partial charge in [0.05, 0.1) is 12.2 Å². The number of pyridine rings is 1. The number of ether oxygens (including phenoxy) is 1. The summed E-state index contributed by atoms with van der Waals surface area (Å²) in [6, 6.07) is 10.7. The van der Waals surface area contributed by atoms with Gasteiger partial charge in [-0.05, 0) is 30.7 Å². The van der Waals surface area contributed by atoms with Crippen LogP contribution in [0.15, 0.2) is 42.6 Å². The predicted molar refractivity (Wildman–Crippen MR) is 79.4 cm³/mol. The summed E-state index contributed by atoms with van der Waals surface area (Å²) in [7, 11) is 0. The number of aromatic carboxylic acids is 1. The van der Waals surface area contributed by atoms with Crippen molar-refractivity contribution in [1.82, 2.24) is 10.3 Å². The Bertz CT molecular complexity index is 597. The molecule has 110 valence electrons. The highest BCUT2D eigenvalue weighted by molar-refractivity contribution is 5.87. The first-order valence-electron chi connectivity index (χ1n) is 6.80. The van der Waals surface area contributed by atoms with Crippen LogP contribution in [0.3, 0.4) is 0 Å². The van der Waals surface area contributed by atoms with Gasteiger partial charge in [0.2, 0.25) is 5.88 Å². The number of hydrogen-bond acceptors (Lipinski definition) is 4. The Morgan fingerprint density at radius 2 is 2.00 bits per heavy atom. The Balaban J connectivity index is 1.91. The molecule has 0 aliphatic rings. The van der Waals surface area contributed by atoms with Gasteiger partial charge in [-0.1, -0.05) is 18.2 Å². The lowest BCUT2D eigenvalue weighted by Crippen LogP contribution is -2.14. The molecule has 0 aliphatic heterocycles. The summed E-state index contributed by atoms with van der Waals surface area (Å²) in [5.74, 6) is -0.264. The van der Waals surface area contributed by atoms with E-state index in [-0.39, 0.29) is 0 Å². The van der Waals surface area contributed by atoms with Crippen LogP contribution in [0.2, 0.25) is 0 Å². The number of nitrogens with one attached hydrogen (secondary N) is 1. The highest BCUT2D eigenvalue weighted by Crippen LogP contribution is 2.14. The second-order valence-electron chi connectivity index (χ2n) is 4.51. The molecule has 0 unspecified atom stereocenters. The second-order valence-corrected chi connectivity index (χ2v) is 4.51. The summed E-state index contributed by atoms with van der Waals surface area (Å²) in [6.07, 6.45) is 1.71. The lowest BCUT2D eigenvalue weighted by atomic mass is 10.1. The zero-order valence-electron chi connectivity index (χ0n) is 11.9. The van der Waals surface area contributed by atoms with Gasteiger partial charge in [-0.3, -0.25) is 0 Å². The largest absolute Gasteiger partial charge is 0.478 e. The summed E-state index contributed by atoms with van der Waals surface area (Å²) in [4.78, 5) is 15.0. The first-order valence-corrected chi connectivity index (χ1v) is 6.80. The fourth-order valence-electron chi connectivity index (χ4n) is 1.93. The number of nitrogens with zero attached hydrogens (tertiary/aromatic N) is 1. The van der Waals surface area contributed by atoms with Gasteiger partial charge < -0.3 is 15.2 Å². The van der Waals surface area contributed by atoms with E-state index in [1.54, 1.807) is 18.3 Å². The van der Waals surface area contributed by atoms with E-state index < -0.39 is 5.97 Å². The molecule has 0 aliphatic carbocycles. The minimum absolute atomic E-state index is 0.296. The van der Waals surface area contributed by atoms with Crippen molar-refractivity contribution in [2.45, 2.75) is 20.0 Å². The molecule has 1 aromatic carbocycles. The standard InChI is InChI=1S/C16H18N2O3/c1-2-21-15-14(4-3-9-18-15)11-17-10-12-5-7-13(8-6-12)16(19)20/h3-9,17H,2,10-11H2,1H3,(H,19,20). The minimum Gasteiger partial charge on any atom is -0.478 e. The van der Waals surface area contributed by atoms with Crippen LogP contribution >= 0.6 is 0 Å². The first-order chi connectivity index (χ1) is 10.2. The Kier molecular flexibility index (Phi) is 5.29. The lowest BCUT2D eigenvalue weighted by Gasteiger charge is -2.09. The first kappa shape index (κ1) is 15.0. The second kappa shape index (κ2) is 7.40. The molecule has 0 fully saturated rings. The maximum absolute atomic E-state index is 10.8. The summed E-state index contributed by atoms with van der Waals surface area (Å²) in [6.45, 7) is 3.81. The van der Waals surface area contributed by atoms with Gasteiger partial charge in [0.25, 0.3) is 0 Å². The Morgan fingerprint density at radius 3 is 2.67 bits per heavy atom. The molecule has 0 bridgehead atoms. The topological polar surface area (TPSA) is 71.5 Å². The SMILES string of the molecule is CCOc1ncccc1CNCc1ccc(C(=O)O)cc1. The van der Waals surface area contributed by atoms with E-state index >= 15 is 0 Å². The molecule has 5 nitrogen and oxygen atoms in total. The van der Waals surface area contributed by atoms with E-state index in [4.69, 9.17) is 9.84 Å². The average Bonchev–Trinajstić information content (AvgIpc) is 2.50. The molecule has 2 N–H and O–H groups in total. The summed E-state index contributed by atoms with van der Waals surface area (Å²) in [5.41, 5.74) is 2.33. The molecule has 0 spiro atoms. The number of hydrogen-bond donors (Lipinski definition) is 2. The zero-order chi connectivity index (χ0) is 15.1. The molecule has 0 atom stereocenters. The highest BCUT2D eigenvalue weighted by Gasteiger charge is 2.04. The van der Waals surface area contributed by atoms with E-state index in [2.05, 4.69) is 10.3 Å². The molecule has 5 heteroatoms. The van der Waals surface area contributed by atoms with E-state index in [1.807, 2.05) is 31.2 Å². The summed E-state index contributed by atoms with van der Waals surface area (Å²) >= 11 is 0. The monoisotopic (exact) mass is 286 g/mol. The molecular formula is C16H18N2O3. The van der Waals surface area contributed by atoms with Crippen LogP contribution in [-0.4, -0.2) is 22.7 Å². The smallest absolute Gasteiger partial charge is 0.335 e. The van der Waals surface area contributed by atoms with Crippen molar-refractivity contribution in [3.05, 3.63) is 59.3 Å². The number of carboxylic acids is 1. The Labute approximate surface area is 123 Å². The number of aromatic nitrogens is 1. The van der Waals surface area contributed by atoms with Crippen LogP contribution in [0.1, 0.15) is 28.4 Å². The van der Waals surface area contributed by atoms with Crippen LogP contribution in [-0.2, 0) is 13.1 Å². The van der Waals surface area contributed by atoms with Crippen LogP contribution in [0.5, 0.6) is 5.88 Å². The molecular weight excluding hydrogens is 268 g/mol. The fraction of sp³-hybridized carbons (Fsp3) is 0.250. The molecule has 2 rings (SSSR count). The third-order valence-corrected chi connectivity index (χ3v) is 2.98. The van der Waals surface area contributed by atoms with Crippen molar-refractivity contribution in [2.75, 3.05) is 6.61 Å². The normalized spacial score (nSPS) is 10.3. The number of benzene rings is 1. The van der Waals surface area contributed by atoms with E-state index in [9.17, 15) is 4.79 Å². The van der Waals surface area contributed by atoms with Gasteiger partial charge in [-0.15, -0.1) is 0 Å². The zero-order valence-corrected chi connectivity index (χ0v) is 11.9. The van der Waals surface area contributed by atoms with Crippen LogP contribution in [0, 0.1) is 0 Å². The van der Waals surface area contributed by atoms with Crippen LogP contribution in [0.25, 0.3) is 0 Å². The molecule has 0 radical (unpaired) electrons. The van der Waals surface area contributed by atoms with Crippen molar-refractivity contribution < 1.29 is 14.6 Å². The Hall–Kier alpha value is -2.40. The third kappa shape index (κ3) is 4.29. The van der Waals surface area contributed by atoms with Gasteiger partial charge in [0, 0.05) is 24.8 Å². The molecule has 0 saturated carbocycles. The molecule has 1 aromatic heterocycles. The van der Waals surface area contributed by atoms with Gasteiger partial charge in [-0.25, -0.2) is 9.78 Å². The number of carboxylic acid groups (broad SMARTS) is 1. The molecule has 0 saturated heterocycles. The molecule has 21 heavy (non-hydrogen) atoms. The summed E-state index contributed by atoms with van der Waals surface area (Å²) < 4.78 is 5.47. The van der Waals surface area contributed by atoms with Crippen LogP contribution < -0.4 is 10.1 Å². The number of rotatable bonds is 7. The number of carbonyl (C=O) groups is 1. The highest BCUT2D eigenvalue weighted by atomic mass is 16.5. The molecule has 2 aromatic rings. The van der Waals surface area contributed by atoms with Crippen LogP contribution in [0.4, 0.5) is 0 Å². The maximum Gasteiger partial charge on any atom is 0.335 e. The van der Waals surface area contributed by atoms with Crippen molar-refractivity contribution in [3.63, 3.8) is 0 Å². The molecule has 0 amide bonds. The van der Waals surface area contributed by atoms with Gasteiger partial charge in [0.15, 0.2) is 0 Å². The third-order valence-electron chi connectivity index (χ3n) is 2.98. The summed E-state index contributed by atoms with van der Waals surface area (Å²) in [5, 5.41) is 12.1. The van der Waals surface area contributed by atoms with E-state index in [0.29, 0.717) is 31.1 Å². The van der Waals surface area contributed by atoms with Crippen molar-refractivity contribution in [2.24, 2.45) is 0 Å². The lowest BCUT2D eigenvalue weighted by molar-refractivity contribution is 0.0697. The fourth-order valence-corrected chi connectivity index (χ4v) is 1.93. The van der Waals surface area contributed by atoms with Gasteiger partial charge in [0.1, 0.15) is 0 Å². The quantitative estimate of drug-likeness (QED) is 0.818. The van der Waals surface area contributed by atoms with Crippen molar-refractivity contribution in [1.29, 1.82) is 0 Å². The van der Waals surface area contributed by atoms with Crippen molar-refractivity contribution in [3.8, 4) is 5.88 Å². The minimum atomic E-state index is -0.911. The molecule has 1 heterocycles.